The molecular weight excluding hydrogens is 344 g/mol. The molecular formula is C20H24N4O3. The number of carbonyl (C=O) groups excluding carboxylic acids is 3. The highest BCUT2D eigenvalue weighted by Crippen LogP contribution is 2.30. The summed E-state index contributed by atoms with van der Waals surface area (Å²) in [6.45, 7) is 4.61. The van der Waals surface area contributed by atoms with Gasteiger partial charge in [0.2, 0.25) is 11.8 Å². The van der Waals surface area contributed by atoms with Gasteiger partial charge >= 0.3 is 0 Å². The van der Waals surface area contributed by atoms with Gasteiger partial charge in [-0.2, -0.15) is 0 Å². The monoisotopic (exact) mass is 368 g/mol. The van der Waals surface area contributed by atoms with E-state index < -0.39 is 6.04 Å². The average molecular weight is 368 g/mol. The Kier molecular flexibility index (Phi) is 4.02. The van der Waals surface area contributed by atoms with Crippen LogP contribution in [0.25, 0.3) is 0 Å². The van der Waals surface area contributed by atoms with E-state index in [9.17, 15) is 14.4 Å². The van der Waals surface area contributed by atoms with Crippen molar-refractivity contribution in [3.05, 3.63) is 34.9 Å². The summed E-state index contributed by atoms with van der Waals surface area (Å²) in [5.41, 5.74) is 2.82. The van der Waals surface area contributed by atoms with Gasteiger partial charge in [-0.25, -0.2) is 0 Å². The van der Waals surface area contributed by atoms with Crippen LogP contribution in [0.15, 0.2) is 18.2 Å². The number of benzene rings is 1. The summed E-state index contributed by atoms with van der Waals surface area (Å²) >= 11 is 0. The number of hydrogen-bond donors (Lipinski definition) is 2. The maximum absolute atomic E-state index is 12.9. The Morgan fingerprint density at radius 2 is 2.00 bits per heavy atom. The van der Waals surface area contributed by atoms with Crippen molar-refractivity contribution in [2.24, 2.45) is 5.92 Å². The van der Waals surface area contributed by atoms with Crippen molar-refractivity contribution < 1.29 is 14.4 Å². The van der Waals surface area contributed by atoms with E-state index in [0.29, 0.717) is 24.6 Å². The summed E-state index contributed by atoms with van der Waals surface area (Å²) in [6, 6.07) is 6.18. The third-order valence-electron chi connectivity index (χ3n) is 6.44. The highest BCUT2D eigenvalue weighted by atomic mass is 16.2. The Bertz CT molecular complexity index is 811. The SMILES string of the molecule is O=C1CCC(N2Cc3ccc(CN4C[C@H]5CCN[C@H]5C4)cc3C2=O)C(=O)N1. The topological polar surface area (TPSA) is 81.8 Å². The fraction of sp³-hybridized carbons (Fsp3) is 0.550. The molecule has 0 bridgehead atoms. The molecule has 3 saturated heterocycles. The number of nitrogens with zero attached hydrogens (tertiary/aromatic N) is 2. The van der Waals surface area contributed by atoms with E-state index in [2.05, 4.69) is 21.6 Å². The minimum absolute atomic E-state index is 0.0960. The van der Waals surface area contributed by atoms with Crippen molar-refractivity contribution >= 4 is 17.7 Å². The van der Waals surface area contributed by atoms with E-state index in [4.69, 9.17) is 0 Å². The molecule has 0 saturated carbocycles. The first-order valence-electron chi connectivity index (χ1n) is 9.81. The summed E-state index contributed by atoms with van der Waals surface area (Å²) in [4.78, 5) is 40.5. The maximum Gasteiger partial charge on any atom is 0.255 e. The van der Waals surface area contributed by atoms with Crippen molar-refractivity contribution in [1.82, 2.24) is 20.4 Å². The van der Waals surface area contributed by atoms with Crippen LogP contribution >= 0.6 is 0 Å². The zero-order valence-electron chi connectivity index (χ0n) is 15.2. The van der Waals surface area contributed by atoms with Crippen LogP contribution in [0.2, 0.25) is 0 Å². The average Bonchev–Trinajstić information content (AvgIpc) is 3.30. The molecule has 7 nitrogen and oxygen atoms in total. The molecule has 1 aromatic rings. The quantitative estimate of drug-likeness (QED) is 0.747. The first-order chi connectivity index (χ1) is 13.1. The normalized spacial score (nSPS) is 30.6. The molecule has 0 aliphatic carbocycles. The van der Waals surface area contributed by atoms with Crippen LogP contribution in [0, 0.1) is 5.92 Å². The Balaban J connectivity index is 1.29. The van der Waals surface area contributed by atoms with Crippen molar-refractivity contribution in [3.63, 3.8) is 0 Å². The fourth-order valence-corrected chi connectivity index (χ4v) is 5.03. The van der Waals surface area contributed by atoms with Gasteiger partial charge in [0.05, 0.1) is 0 Å². The summed E-state index contributed by atoms with van der Waals surface area (Å²) in [5.74, 6) is 0.0432. The van der Waals surface area contributed by atoms with Gasteiger partial charge in [0.1, 0.15) is 6.04 Å². The molecule has 3 fully saturated rings. The molecule has 4 heterocycles. The largest absolute Gasteiger partial charge is 0.322 e. The van der Waals surface area contributed by atoms with Crippen LogP contribution in [0.3, 0.4) is 0 Å². The van der Waals surface area contributed by atoms with Gasteiger partial charge in [-0.1, -0.05) is 12.1 Å². The lowest BCUT2D eigenvalue weighted by Gasteiger charge is -2.29. The smallest absolute Gasteiger partial charge is 0.255 e. The summed E-state index contributed by atoms with van der Waals surface area (Å²) in [7, 11) is 0. The van der Waals surface area contributed by atoms with E-state index in [1.165, 1.54) is 6.42 Å². The lowest BCUT2D eigenvalue weighted by atomic mass is 10.0. The zero-order chi connectivity index (χ0) is 18.5. The number of likely N-dealkylation sites (tertiary alicyclic amines) is 1. The number of rotatable bonds is 3. The summed E-state index contributed by atoms with van der Waals surface area (Å²) in [5, 5.41) is 5.92. The molecule has 2 N–H and O–H groups in total. The van der Waals surface area contributed by atoms with Crippen molar-refractivity contribution in [1.29, 1.82) is 0 Å². The number of piperidine rings is 1. The van der Waals surface area contributed by atoms with Crippen molar-refractivity contribution in [3.8, 4) is 0 Å². The number of hydrogen-bond acceptors (Lipinski definition) is 5. The van der Waals surface area contributed by atoms with Gasteiger partial charge in [-0.15, -0.1) is 0 Å². The predicted octanol–water partition coefficient (Wildman–Crippen LogP) is 0.241. The van der Waals surface area contributed by atoms with Crippen molar-refractivity contribution in [2.75, 3.05) is 19.6 Å². The van der Waals surface area contributed by atoms with Crippen LogP contribution in [0.5, 0.6) is 0 Å². The van der Waals surface area contributed by atoms with E-state index in [0.717, 1.165) is 43.2 Å². The maximum atomic E-state index is 12.9. The van der Waals surface area contributed by atoms with E-state index in [-0.39, 0.29) is 24.1 Å². The van der Waals surface area contributed by atoms with Gasteiger partial charge in [0, 0.05) is 44.2 Å². The number of fused-ring (bicyclic) bond motifs is 2. The molecule has 142 valence electrons. The van der Waals surface area contributed by atoms with Crippen molar-refractivity contribution in [2.45, 2.75) is 44.4 Å². The number of nitrogens with one attached hydrogen (secondary N) is 2. The van der Waals surface area contributed by atoms with Gasteiger partial charge in [0.15, 0.2) is 0 Å². The molecule has 1 aromatic carbocycles. The van der Waals surface area contributed by atoms with Crippen LogP contribution < -0.4 is 10.6 Å². The van der Waals surface area contributed by atoms with Crippen LogP contribution in [0.1, 0.15) is 40.7 Å². The number of imide groups is 1. The number of carbonyl (C=O) groups is 3. The molecule has 4 aliphatic rings. The molecule has 0 aromatic heterocycles. The Morgan fingerprint density at radius 1 is 1.11 bits per heavy atom. The van der Waals surface area contributed by atoms with E-state index in [1.54, 1.807) is 4.90 Å². The first-order valence-corrected chi connectivity index (χ1v) is 9.81. The highest BCUT2D eigenvalue weighted by Gasteiger charge is 2.39. The van der Waals surface area contributed by atoms with Gasteiger partial charge < -0.3 is 10.2 Å². The van der Waals surface area contributed by atoms with E-state index in [1.807, 2.05) is 12.1 Å². The second-order valence-electron chi connectivity index (χ2n) is 8.19. The molecule has 4 aliphatic heterocycles. The van der Waals surface area contributed by atoms with Crippen LogP contribution in [0.4, 0.5) is 0 Å². The minimum Gasteiger partial charge on any atom is -0.322 e. The first kappa shape index (κ1) is 16.9. The second-order valence-corrected chi connectivity index (χ2v) is 8.19. The molecule has 1 unspecified atom stereocenters. The lowest BCUT2D eigenvalue weighted by molar-refractivity contribution is -0.136. The van der Waals surface area contributed by atoms with E-state index >= 15 is 0 Å². The van der Waals surface area contributed by atoms with Crippen LogP contribution in [-0.4, -0.2) is 59.2 Å². The molecule has 3 amide bonds. The Morgan fingerprint density at radius 3 is 2.81 bits per heavy atom. The minimum atomic E-state index is -0.546. The summed E-state index contributed by atoms with van der Waals surface area (Å²) in [6.07, 6.45) is 1.94. The molecule has 0 spiro atoms. The Labute approximate surface area is 158 Å². The molecule has 3 atom stereocenters. The van der Waals surface area contributed by atoms with Gasteiger partial charge in [-0.05, 0) is 42.5 Å². The third-order valence-corrected chi connectivity index (χ3v) is 6.44. The molecule has 7 heteroatoms. The predicted molar refractivity (Wildman–Crippen MR) is 97.7 cm³/mol. The number of amides is 3. The second kappa shape index (κ2) is 6.42. The lowest BCUT2D eigenvalue weighted by Crippen LogP contribution is -2.52. The molecule has 27 heavy (non-hydrogen) atoms. The van der Waals surface area contributed by atoms with Crippen LogP contribution in [-0.2, 0) is 22.7 Å². The molecule has 0 radical (unpaired) electrons. The zero-order valence-corrected chi connectivity index (χ0v) is 15.2. The van der Waals surface area contributed by atoms with Gasteiger partial charge in [-0.3, -0.25) is 24.6 Å². The summed E-state index contributed by atoms with van der Waals surface area (Å²) < 4.78 is 0. The Hall–Kier alpha value is -2.25. The van der Waals surface area contributed by atoms with Gasteiger partial charge in [0.25, 0.3) is 5.91 Å². The third kappa shape index (κ3) is 2.95. The fourth-order valence-electron chi connectivity index (χ4n) is 5.03. The molecule has 5 rings (SSSR count). The standard InChI is InChI=1S/C20H24N4O3/c25-18-4-3-17(19(26)22-18)24-10-13-2-1-12(7-15(13)20(24)27)8-23-9-14-5-6-21-16(14)11-23/h1-2,7,14,16-17,21H,3-6,8-11H2,(H,22,25,26)/t14-,16+,17?/m1/s1. The highest BCUT2D eigenvalue weighted by molar-refractivity contribution is 6.05.